The molecule has 8 nitrogen and oxygen atoms in total. The summed E-state index contributed by atoms with van der Waals surface area (Å²) in [6, 6.07) is 19.7. The zero-order valence-corrected chi connectivity index (χ0v) is 20.9. The molecule has 0 spiro atoms. The van der Waals surface area contributed by atoms with E-state index < -0.39 is 21.8 Å². The number of pyridine rings is 1. The monoisotopic (exact) mass is 520 g/mol. The van der Waals surface area contributed by atoms with E-state index in [2.05, 4.69) is 31.6 Å². The van der Waals surface area contributed by atoms with E-state index in [1.165, 1.54) is 30.3 Å². The van der Waals surface area contributed by atoms with Gasteiger partial charge in [-0.1, -0.05) is 24.3 Å². The van der Waals surface area contributed by atoms with Crippen molar-refractivity contribution in [3.8, 4) is 0 Å². The van der Waals surface area contributed by atoms with Crippen molar-refractivity contribution in [1.82, 2.24) is 4.98 Å². The van der Waals surface area contributed by atoms with E-state index in [0.717, 1.165) is 24.8 Å². The van der Waals surface area contributed by atoms with Crippen LogP contribution >= 0.6 is 0 Å². The number of nitrogens with zero attached hydrogens (tertiary/aromatic N) is 3. The van der Waals surface area contributed by atoms with Gasteiger partial charge in [-0.25, -0.2) is 22.6 Å². The van der Waals surface area contributed by atoms with Crippen LogP contribution in [-0.2, 0) is 10.0 Å². The summed E-state index contributed by atoms with van der Waals surface area (Å²) in [5.74, 6) is -1.25. The van der Waals surface area contributed by atoms with Crippen LogP contribution in [0.3, 0.4) is 0 Å². The first-order valence-corrected chi connectivity index (χ1v) is 13.2. The quantitative estimate of drug-likeness (QED) is 0.386. The Hall–Kier alpha value is -4.18. The summed E-state index contributed by atoms with van der Waals surface area (Å²) in [7, 11) is -4.09. The van der Waals surface area contributed by atoms with Crippen molar-refractivity contribution in [3.63, 3.8) is 0 Å². The normalized spacial score (nSPS) is 14.1. The molecule has 10 heteroatoms. The number of aromatic carboxylic acids is 1. The van der Waals surface area contributed by atoms with Crippen molar-refractivity contribution in [1.29, 1.82) is 0 Å². The maximum Gasteiger partial charge on any atom is 0.336 e. The summed E-state index contributed by atoms with van der Waals surface area (Å²) in [5, 5.41) is 10.2. The summed E-state index contributed by atoms with van der Waals surface area (Å²) in [4.78, 5) is 21.0. The Labute approximate surface area is 214 Å². The Morgan fingerprint density at radius 1 is 0.946 bits per heavy atom. The molecule has 5 rings (SSSR count). The fourth-order valence-corrected chi connectivity index (χ4v) is 5.83. The van der Waals surface area contributed by atoms with E-state index in [1.807, 2.05) is 18.2 Å². The van der Waals surface area contributed by atoms with Crippen LogP contribution in [-0.4, -0.2) is 50.7 Å². The van der Waals surface area contributed by atoms with Crippen molar-refractivity contribution in [2.24, 2.45) is 0 Å². The van der Waals surface area contributed by atoms with Gasteiger partial charge in [0.05, 0.1) is 16.0 Å². The molecule has 2 heterocycles. The highest BCUT2D eigenvalue weighted by Gasteiger charge is 2.22. The van der Waals surface area contributed by atoms with Crippen molar-refractivity contribution in [3.05, 3.63) is 89.7 Å². The lowest BCUT2D eigenvalue weighted by Gasteiger charge is -2.37. The van der Waals surface area contributed by atoms with Gasteiger partial charge in [-0.2, -0.15) is 0 Å². The van der Waals surface area contributed by atoms with Gasteiger partial charge < -0.3 is 14.9 Å². The van der Waals surface area contributed by atoms with Crippen LogP contribution in [0.4, 0.5) is 21.6 Å². The lowest BCUT2D eigenvalue weighted by atomic mass is 10.1. The molecule has 4 aromatic rings. The molecule has 2 N–H and O–H groups in total. The maximum absolute atomic E-state index is 13.7. The van der Waals surface area contributed by atoms with Gasteiger partial charge in [0.2, 0.25) is 0 Å². The number of aryl methyl sites for hydroxylation is 1. The Balaban J connectivity index is 1.42. The van der Waals surface area contributed by atoms with E-state index in [1.54, 1.807) is 13.0 Å². The van der Waals surface area contributed by atoms with E-state index in [9.17, 15) is 22.7 Å². The molecule has 0 radical (unpaired) electrons. The van der Waals surface area contributed by atoms with Crippen molar-refractivity contribution in [2.75, 3.05) is 40.7 Å². The molecule has 190 valence electrons. The number of nitrogens with one attached hydrogen (secondary N) is 1. The molecule has 1 saturated heterocycles. The molecule has 0 amide bonds. The summed E-state index contributed by atoms with van der Waals surface area (Å²) < 4.78 is 41.9. The Morgan fingerprint density at radius 2 is 1.65 bits per heavy atom. The number of piperazine rings is 1. The van der Waals surface area contributed by atoms with Crippen molar-refractivity contribution >= 4 is 44.1 Å². The number of benzene rings is 3. The van der Waals surface area contributed by atoms with Crippen LogP contribution in [0.25, 0.3) is 10.9 Å². The lowest BCUT2D eigenvalue weighted by molar-refractivity contribution is 0.0699. The van der Waals surface area contributed by atoms with Crippen LogP contribution in [0.15, 0.2) is 77.7 Å². The average molecular weight is 521 g/mol. The largest absolute Gasteiger partial charge is 0.478 e. The van der Waals surface area contributed by atoms with Gasteiger partial charge in [0.15, 0.2) is 0 Å². The second kappa shape index (κ2) is 9.70. The van der Waals surface area contributed by atoms with Crippen molar-refractivity contribution in [2.45, 2.75) is 11.8 Å². The van der Waals surface area contributed by atoms with E-state index in [0.29, 0.717) is 35.4 Å². The molecule has 1 aromatic heterocycles. The third-order valence-electron chi connectivity index (χ3n) is 6.44. The first-order valence-electron chi connectivity index (χ1n) is 11.7. The number of para-hydroxylation sites is 1. The minimum Gasteiger partial charge on any atom is -0.478 e. The zero-order chi connectivity index (χ0) is 26.2. The number of carboxylic acid groups (broad SMARTS) is 1. The topological polar surface area (TPSA) is 103 Å². The van der Waals surface area contributed by atoms with Gasteiger partial charge in [-0.3, -0.25) is 4.72 Å². The predicted molar refractivity (Wildman–Crippen MR) is 142 cm³/mol. The molecule has 1 aliphatic rings. The van der Waals surface area contributed by atoms with Gasteiger partial charge in [0, 0.05) is 42.9 Å². The van der Waals surface area contributed by atoms with Crippen LogP contribution in [0.5, 0.6) is 0 Å². The Kier molecular flexibility index (Phi) is 6.43. The highest BCUT2D eigenvalue weighted by molar-refractivity contribution is 7.92. The molecule has 0 bridgehead atoms. The molecular weight excluding hydrogens is 495 g/mol. The minimum absolute atomic E-state index is 0.0217. The van der Waals surface area contributed by atoms with Gasteiger partial charge in [-0.15, -0.1) is 0 Å². The highest BCUT2D eigenvalue weighted by Crippen LogP contribution is 2.29. The number of halogens is 1. The fraction of sp³-hybridized carbons (Fsp3) is 0.185. The second-order valence-electron chi connectivity index (χ2n) is 8.89. The molecule has 0 aliphatic carbocycles. The fourth-order valence-electron chi connectivity index (χ4n) is 4.52. The number of aromatic nitrogens is 1. The number of hydrogen-bond donors (Lipinski definition) is 2. The van der Waals surface area contributed by atoms with E-state index in [4.69, 9.17) is 0 Å². The Morgan fingerprint density at radius 3 is 2.35 bits per heavy atom. The third-order valence-corrected chi connectivity index (χ3v) is 7.97. The summed E-state index contributed by atoms with van der Waals surface area (Å²) in [5.41, 5.74) is 2.14. The molecule has 0 atom stereocenters. The highest BCUT2D eigenvalue weighted by atomic mass is 32.2. The molecule has 37 heavy (non-hydrogen) atoms. The van der Waals surface area contributed by atoms with Crippen LogP contribution in [0.1, 0.15) is 15.9 Å². The number of carbonyl (C=O) groups is 1. The SMILES string of the molecule is Cc1ccc(F)cc1S(=O)(=O)Nc1ccc2nc(N3CCN(c4ccccc4)CC3)cc(C(=O)O)c2c1. The summed E-state index contributed by atoms with van der Waals surface area (Å²) >= 11 is 0. The first kappa shape index (κ1) is 24.5. The van der Waals surface area contributed by atoms with Crippen LogP contribution in [0, 0.1) is 12.7 Å². The van der Waals surface area contributed by atoms with Gasteiger partial charge in [-0.05, 0) is 61.0 Å². The van der Waals surface area contributed by atoms with Gasteiger partial charge in [0.25, 0.3) is 10.0 Å². The van der Waals surface area contributed by atoms with Crippen molar-refractivity contribution < 1.29 is 22.7 Å². The number of carboxylic acids is 1. The van der Waals surface area contributed by atoms with Crippen LogP contribution in [0.2, 0.25) is 0 Å². The summed E-state index contributed by atoms with van der Waals surface area (Å²) in [6.45, 7) is 4.47. The number of hydrogen-bond acceptors (Lipinski definition) is 6. The average Bonchev–Trinajstić information content (AvgIpc) is 2.89. The molecule has 1 fully saturated rings. The van der Waals surface area contributed by atoms with E-state index >= 15 is 0 Å². The molecule has 3 aromatic carbocycles. The minimum atomic E-state index is -4.09. The zero-order valence-electron chi connectivity index (χ0n) is 20.1. The maximum atomic E-state index is 13.7. The molecule has 1 aliphatic heterocycles. The number of rotatable bonds is 6. The van der Waals surface area contributed by atoms with E-state index in [-0.39, 0.29) is 16.1 Å². The smallest absolute Gasteiger partial charge is 0.336 e. The number of sulfonamides is 1. The van der Waals surface area contributed by atoms with Gasteiger partial charge in [0.1, 0.15) is 11.6 Å². The second-order valence-corrected chi connectivity index (χ2v) is 10.5. The number of fused-ring (bicyclic) bond motifs is 1. The predicted octanol–water partition coefficient (Wildman–Crippen LogP) is 4.51. The molecule has 0 saturated carbocycles. The third kappa shape index (κ3) is 5.05. The molecule has 0 unspecified atom stereocenters. The number of anilines is 3. The Bertz CT molecular complexity index is 1590. The van der Waals surface area contributed by atoms with Gasteiger partial charge >= 0.3 is 5.97 Å². The lowest BCUT2D eigenvalue weighted by Crippen LogP contribution is -2.46. The summed E-state index contributed by atoms with van der Waals surface area (Å²) in [6.07, 6.45) is 0. The van der Waals surface area contributed by atoms with Crippen LogP contribution < -0.4 is 14.5 Å². The standard InChI is InChI=1S/C27H25FN4O4S/c1-18-7-8-19(28)15-25(18)37(35,36)30-20-9-10-24-22(16-20)23(27(33)34)17-26(29-24)32-13-11-31(12-14-32)21-5-3-2-4-6-21/h2-10,15-17,30H,11-14H2,1H3,(H,33,34). The molecular formula is C27H25FN4O4S. The first-order chi connectivity index (χ1) is 17.7.